The van der Waals surface area contributed by atoms with Crippen LogP contribution < -0.4 is 0 Å². The Morgan fingerprint density at radius 3 is 2.40 bits per heavy atom. The first-order chi connectivity index (χ1) is 9.75. The van der Waals surface area contributed by atoms with Gasteiger partial charge in [-0.1, -0.05) is 36.4 Å². The van der Waals surface area contributed by atoms with E-state index in [9.17, 15) is 9.59 Å². The molecule has 0 N–H and O–H groups in total. The number of ether oxygens (including phenoxy) is 1. The summed E-state index contributed by atoms with van der Waals surface area (Å²) in [4.78, 5) is 26.0. The quantitative estimate of drug-likeness (QED) is 0.618. The van der Waals surface area contributed by atoms with Crippen LogP contribution in [0.15, 0.2) is 42.5 Å². The van der Waals surface area contributed by atoms with Gasteiger partial charge >= 0.3 is 0 Å². The molecule has 1 aliphatic heterocycles. The molecule has 4 heteroatoms. The number of hydrogen-bond acceptors (Lipinski definition) is 3. The number of benzene rings is 2. The zero-order valence-corrected chi connectivity index (χ0v) is 11.0. The number of ketones is 1. The van der Waals surface area contributed by atoms with Crippen LogP contribution >= 0.6 is 0 Å². The van der Waals surface area contributed by atoms with Crippen LogP contribution in [0.4, 0.5) is 0 Å². The van der Waals surface area contributed by atoms with E-state index in [1.54, 1.807) is 17.0 Å². The molecular formula is C16H15NO3. The SMILES string of the molecule is O=C(C(=O)N1CCOCC1)c1ccc2ccccc2c1. The van der Waals surface area contributed by atoms with E-state index < -0.39 is 11.7 Å². The minimum Gasteiger partial charge on any atom is -0.378 e. The molecule has 20 heavy (non-hydrogen) atoms. The van der Waals surface area contributed by atoms with Gasteiger partial charge in [-0.3, -0.25) is 9.59 Å². The Labute approximate surface area is 116 Å². The molecule has 0 atom stereocenters. The average molecular weight is 269 g/mol. The summed E-state index contributed by atoms with van der Waals surface area (Å²) >= 11 is 0. The van der Waals surface area contributed by atoms with Gasteiger partial charge in [0.2, 0.25) is 5.78 Å². The summed E-state index contributed by atoms with van der Waals surface area (Å²) in [5, 5.41) is 2.02. The normalized spacial score (nSPS) is 15.3. The van der Waals surface area contributed by atoms with Crippen LogP contribution in [0, 0.1) is 0 Å². The first kappa shape index (κ1) is 12.8. The lowest BCUT2D eigenvalue weighted by Gasteiger charge is -2.26. The number of hydrogen-bond donors (Lipinski definition) is 0. The van der Waals surface area contributed by atoms with Gasteiger partial charge in [0.25, 0.3) is 5.91 Å². The van der Waals surface area contributed by atoms with E-state index >= 15 is 0 Å². The third-order valence-electron chi connectivity index (χ3n) is 3.50. The zero-order valence-electron chi connectivity index (χ0n) is 11.0. The number of amides is 1. The van der Waals surface area contributed by atoms with Crippen LogP contribution in [0.5, 0.6) is 0 Å². The number of Topliss-reactive ketones (excluding diaryl/α,β-unsaturated/α-hetero) is 1. The van der Waals surface area contributed by atoms with Crippen molar-refractivity contribution in [1.29, 1.82) is 0 Å². The van der Waals surface area contributed by atoms with Gasteiger partial charge in [-0.15, -0.1) is 0 Å². The standard InChI is InChI=1S/C16H15NO3/c18-15(16(19)17-7-9-20-10-8-17)14-6-5-12-3-1-2-4-13(12)11-14/h1-6,11H,7-10H2. The van der Waals surface area contributed by atoms with E-state index in [0.29, 0.717) is 31.9 Å². The number of fused-ring (bicyclic) bond motifs is 1. The fourth-order valence-corrected chi connectivity index (χ4v) is 2.36. The van der Waals surface area contributed by atoms with Gasteiger partial charge in [0.1, 0.15) is 0 Å². The van der Waals surface area contributed by atoms with Gasteiger partial charge in [0.05, 0.1) is 13.2 Å². The summed E-state index contributed by atoms with van der Waals surface area (Å²) < 4.78 is 5.19. The Kier molecular flexibility index (Phi) is 3.48. The lowest BCUT2D eigenvalue weighted by Crippen LogP contribution is -2.44. The van der Waals surface area contributed by atoms with E-state index in [2.05, 4.69) is 0 Å². The maximum atomic E-state index is 12.3. The zero-order chi connectivity index (χ0) is 13.9. The maximum absolute atomic E-state index is 12.3. The molecule has 1 heterocycles. The number of carbonyl (C=O) groups excluding carboxylic acids is 2. The molecule has 0 aromatic heterocycles. The largest absolute Gasteiger partial charge is 0.378 e. The summed E-state index contributed by atoms with van der Waals surface area (Å²) in [6.45, 7) is 1.96. The van der Waals surface area contributed by atoms with Crippen LogP contribution in [-0.2, 0) is 9.53 Å². The molecule has 102 valence electrons. The summed E-state index contributed by atoms with van der Waals surface area (Å²) in [5.74, 6) is -0.888. The molecule has 1 amide bonds. The number of morpholine rings is 1. The van der Waals surface area contributed by atoms with E-state index in [0.717, 1.165) is 10.8 Å². The van der Waals surface area contributed by atoms with Crippen molar-refractivity contribution in [2.24, 2.45) is 0 Å². The highest BCUT2D eigenvalue weighted by Gasteiger charge is 2.24. The molecule has 0 saturated carbocycles. The number of rotatable bonds is 2. The number of carbonyl (C=O) groups is 2. The molecule has 0 unspecified atom stereocenters. The van der Waals surface area contributed by atoms with E-state index in [-0.39, 0.29) is 0 Å². The molecule has 1 saturated heterocycles. The van der Waals surface area contributed by atoms with Crippen molar-refractivity contribution in [1.82, 2.24) is 4.90 Å². The smallest absolute Gasteiger partial charge is 0.295 e. The topological polar surface area (TPSA) is 46.6 Å². The fourth-order valence-electron chi connectivity index (χ4n) is 2.36. The van der Waals surface area contributed by atoms with Crippen molar-refractivity contribution in [2.75, 3.05) is 26.3 Å². The van der Waals surface area contributed by atoms with Crippen molar-refractivity contribution in [3.8, 4) is 0 Å². The first-order valence-corrected chi connectivity index (χ1v) is 6.66. The second-order valence-corrected chi connectivity index (χ2v) is 4.80. The second kappa shape index (κ2) is 5.43. The molecule has 1 fully saturated rings. The number of nitrogens with zero attached hydrogens (tertiary/aromatic N) is 1. The van der Waals surface area contributed by atoms with Gasteiger partial charge in [0, 0.05) is 18.7 Å². The van der Waals surface area contributed by atoms with E-state index in [1.165, 1.54) is 0 Å². The molecule has 2 aromatic rings. The van der Waals surface area contributed by atoms with Crippen molar-refractivity contribution >= 4 is 22.5 Å². The van der Waals surface area contributed by atoms with Gasteiger partial charge in [-0.25, -0.2) is 0 Å². The Bertz CT molecular complexity index is 660. The molecule has 1 aliphatic rings. The van der Waals surface area contributed by atoms with Crippen LogP contribution in [0.25, 0.3) is 10.8 Å². The van der Waals surface area contributed by atoms with Gasteiger partial charge in [-0.05, 0) is 16.8 Å². The third kappa shape index (κ3) is 2.42. The van der Waals surface area contributed by atoms with Crippen LogP contribution in [0.1, 0.15) is 10.4 Å². The molecule has 2 aromatic carbocycles. The van der Waals surface area contributed by atoms with Crippen LogP contribution in [0.2, 0.25) is 0 Å². The van der Waals surface area contributed by atoms with Gasteiger partial charge in [-0.2, -0.15) is 0 Å². The second-order valence-electron chi connectivity index (χ2n) is 4.80. The molecule has 0 bridgehead atoms. The van der Waals surface area contributed by atoms with Gasteiger partial charge < -0.3 is 9.64 Å². The minimum absolute atomic E-state index is 0.441. The fraction of sp³-hybridized carbons (Fsp3) is 0.250. The van der Waals surface area contributed by atoms with Crippen molar-refractivity contribution in [2.45, 2.75) is 0 Å². The highest BCUT2D eigenvalue weighted by Crippen LogP contribution is 2.16. The molecule has 0 aliphatic carbocycles. The molecule has 4 nitrogen and oxygen atoms in total. The van der Waals surface area contributed by atoms with Crippen molar-refractivity contribution in [3.05, 3.63) is 48.0 Å². The van der Waals surface area contributed by atoms with Crippen molar-refractivity contribution < 1.29 is 14.3 Å². The molecular weight excluding hydrogens is 254 g/mol. The van der Waals surface area contributed by atoms with Crippen molar-refractivity contribution in [3.63, 3.8) is 0 Å². The highest BCUT2D eigenvalue weighted by atomic mass is 16.5. The Balaban J connectivity index is 1.86. The summed E-state index contributed by atoms with van der Waals surface area (Å²) in [6.07, 6.45) is 0. The van der Waals surface area contributed by atoms with Gasteiger partial charge in [0.15, 0.2) is 0 Å². The minimum atomic E-state index is -0.447. The lowest BCUT2D eigenvalue weighted by atomic mass is 10.0. The van der Waals surface area contributed by atoms with Crippen LogP contribution in [0.3, 0.4) is 0 Å². The Morgan fingerprint density at radius 2 is 1.65 bits per heavy atom. The van der Waals surface area contributed by atoms with Crippen LogP contribution in [-0.4, -0.2) is 42.9 Å². The lowest BCUT2D eigenvalue weighted by molar-refractivity contribution is -0.130. The Hall–Kier alpha value is -2.20. The monoisotopic (exact) mass is 269 g/mol. The molecule has 3 rings (SSSR count). The van der Waals surface area contributed by atoms with E-state index in [4.69, 9.17) is 4.74 Å². The molecule has 0 radical (unpaired) electrons. The summed E-state index contributed by atoms with van der Waals surface area (Å²) in [7, 11) is 0. The predicted molar refractivity (Wildman–Crippen MR) is 75.7 cm³/mol. The molecule has 0 spiro atoms. The highest BCUT2D eigenvalue weighted by molar-refractivity contribution is 6.43. The maximum Gasteiger partial charge on any atom is 0.295 e. The average Bonchev–Trinajstić information content (AvgIpc) is 2.54. The summed E-state index contributed by atoms with van der Waals surface area (Å²) in [6, 6.07) is 13.1. The van der Waals surface area contributed by atoms with E-state index in [1.807, 2.05) is 30.3 Å². The Morgan fingerprint density at radius 1 is 0.950 bits per heavy atom. The summed E-state index contributed by atoms with van der Waals surface area (Å²) in [5.41, 5.74) is 0.445. The third-order valence-corrected chi connectivity index (χ3v) is 3.50. The first-order valence-electron chi connectivity index (χ1n) is 6.66. The predicted octanol–water partition coefficient (Wildman–Crippen LogP) is 1.88.